The van der Waals surface area contributed by atoms with Crippen LogP contribution in [-0.2, 0) is 18.0 Å². The van der Waals surface area contributed by atoms with Crippen LogP contribution in [0.25, 0.3) is 16.7 Å². The molecule has 3 aromatic heterocycles. The molecule has 1 aliphatic heterocycles. The Kier molecular flexibility index (Phi) is 8.52. The molecule has 0 unspecified atom stereocenters. The van der Waals surface area contributed by atoms with Gasteiger partial charge in [0, 0.05) is 56.6 Å². The molecule has 2 N–H and O–H groups in total. The van der Waals surface area contributed by atoms with Crippen LogP contribution in [0.15, 0.2) is 78.0 Å². The van der Waals surface area contributed by atoms with Crippen LogP contribution in [0.5, 0.6) is 0 Å². The fourth-order valence-electron chi connectivity index (χ4n) is 5.43. The Morgan fingerprint density at radius 1 is 0.938 bits per heavy atom. The highest BCUT2D eigenvalue weighted by atomic mass is 19.4. The lowest BCUT2D eigenvalue weighted by atomic mass is 10.1. The second-order valence-electron chi connectivity index (χ2n) is 11.4. The number of halogens is 3. The minimum Gasteiger partial charge on any atom is -0.353 e. The monoisotopic (exact) mass is 658 g/mol. The third-order valence-electron chi connectivity index (χ3n) is 8.11. The number of hydrogen-bond donors (Lipinski definition) is 2. The summed E-state index contributed by atoms with van der Waals surface area (Å²) < 4.78 is 42.2. The predicted molar refractivity (Wildman–Crippen MR) is 172 cm³/mol. The molecule has 1 fully saturated rings. The molecule has 6 rings (SSSR count). The topological polar surface area (TPSA) is 129 Å². The molecular weight excluding hydrogens is 627 g/mol. The number of amides is 2. The number of alkyl halides is 3. The van der Waals surface area contributed by atoms with Crippen LogP contribution in [-0.4, -0.2) is 62.4 Å². The van der Waals surface area contributed by atoms with Gasteiger partial charge in [-0.05, 0) is 48.9 Å². The summed E-state index contributed by atoms with van der Waals surface area (Å²) in [5, 5.41) is 6.29. The summed E-state index contributed by atoms with van der Waals surface area (Å²) in [7, 11) is 1.58. The molecule has 0 radical (unpaired) electrons. The van der Waals surface area contributed by atoms with E-state index in [-0.39, 0.29) is 17.4 Å². The van der Waals surface area contributed by atoms with Crippen molar-refractivity contribution in [2.75, 3.05) is 41.7 Å². The average Bonchev–Trinajstić information content (AvgIpc) is 3.07. The molecule has 246 valence electrons. The minimum atomic E-state index is -4.58. The summed E-state index contributed by atoms with van der Waals surface area (Å²) in [4.78, 5) is 55.4. The number of carbonyl (C=O) groups is 2. The molecule has 15 heteroatoms. The minimum absolute atomic E-state index is 0.0645. The van der Waals surface area contributed by atoms with Gasteiger partial charge in [-0.2, -0.15) is 22.3 Å². The van der Waals surface area contributed by atoms with Crippen molar-refractivity contribution in [3.8, 4) is 5.69 Å². The standard InChI is InChI=1S/C33H30F3N9O3/c1-20-7-8-25(39-30(47)22-5-4-6-24(15-22)33(34,35)36)16-27(20)45-19-23-17-38-31(41-29(23)42(3)32(45)48)40-26-9-10-28(37-18-26)44-13-11-43(12-14-44)21(2)46/h4-10,15-19H,11-14H2,1-3H3,(H,39,47)/p+1. The third-order valence-corrected chi connectivity index (χ3v) is 8.11. The number of fused-ring (bicyclic) bond motifs is 1. The fourth-order valence-corrected chi connectivity index (χ4v) is 5.43. The first kappa shape index (κ1) is 32.1. The molecule has 4 heterocycles. The Morgan fingerprint density at radius 2 is 1.69 bits per heavy atom. The van der Waals surface area contributed by atoms with Crippen molar-refractivity contribution in [1.82, 2.24) is 24.4 Å². The molecule has 0 saturated carbocycles. The summed E-state index contributed by atoms with van der Waals surface area (Å²) >= 11 is 0. The largest absolute Gasteiger partial charge is 0.448 e. The maximum atomic E-state index is 13.6. The van der Waals surface area contributed by atoms with Crippen LogP contribution < -0.4 is 25.8 Å². The van der Waals surface area contributed by atoms with Crippen LogP contribution in [0, 0.1) is 6.92 Å². The lowest BCUT2D eigenvalue weighted by molar-refractivity contribution is -0.666. The van der Waals surface area contributed by atoms with Gasteiger partial charge in [0.2, 0.25) is 5.91 Å². The van der Waals surface area contributed by atoms with E-state index >= 15 is 0 Å². The molecule has 48 heavy (non-hydrogen) atoms. The van der Waals surface area contributed by atoms with E-state index in [4.69, 9.17) is 0 Å². The zero-order chi connectivity index (χ0) is 34.2. The first-order valence-electron chi connectivity index (χ1n) is 15.0. The van der Waals surface area contributed by atoms with E-state index in [9.17, 15) is 27.6 Å². The lowest BCUT2D eigenvalue weighted by Crippen LogP contribution is -2.52. The normalized spacial score (nSPS) is 13.5. The number of benzene rings is 2. The SMILES string of the molecule is CC(=O)N1CCN(c2ccc(Nc3ncc4cn(-c5cc(NC(=O)c6cccc(C(F)(F)F)c6)ccc5C)c(=O)[n+](C)c4n3)cn2)CC1. The number of rotatable bonds is 6. The zero-order valence-electron chi connectivity index (χ0n) is 26.2. The summed E-state index contributed by atoms with van der Waals surface area (Å²) in [6, 6.07) is 12.8. The maximum Gasteiger partial charge on any atom is 0.448 e. The van der Waals surface area contributed by atoms with Crippen molar-refractivity contribution in [3.63, 3.8) is 0 Å². The molecule has 0 atom stereocenters. The number of anilines is 4. The van der Waals surface area contributed by atoms with Gasteiger partial charge >= 0.3 is 17.8 Å². The molecule has 1 saturated heterocycles. The number of nitrogens with one attached hydrogen (secondary N) is 2. The van der Waals surface area contributed by atoms with E-state index in [1.165, 1.54) is 21.3 Å². The van der Waals surface area contributed by atoms with E-state index in [2.05, 4.69) is 30.5 Å². The average molecular weight is 659 g/mol. The van der Waals surface area contributed by atoms with E-state index in [0.29, 0.717) is 59.8 Å². The quantitative estimate of drug-likeness (QED) is 0.262. The zero-order valence-corrected chi connectivity index (χ0v) is 26.2. The molecular formula is C33H31F3N9O3+. The second kappa shape index (κ2) is 12.7. The molecule has 2 aromatic carbocycles. The Morgan fingerprint density at radius 3 is 2.38 bits per heavy atom. The van der Waals surface area contributed by atoms with Crippen LogP contribution in [0.1, 0.15) is 28.4 Å². The van der Waals surface area contributed by atoms with E-state index < -0.39 is 23.3 Å². The number of nitrogens with zero attached hydrogens (tertiary/aromatic N) is 7. The van der Waals surface area contributed by atoms with Gasteiger partial charge in [-0.1, -0.05) is 17.1 Å². The maximum absolute atomic E-state index is 13.6. The van der Waals surface area contributed by atoms with E-state index in [1.54, 1.807) is 57.7 Å². The van der Waals surface area contributed by atoms with Crippen LogP contribution in [0.4, 0.5) is 36.3 Å². The van der Waals surface area contributed by atoms with Gasteiger partial charge in [-0.25, -0.2) is 14.8 Å². The van der Waals surface area contributed by atoms with Crippen LogP contribution in [0.3, 0.4) is 0 Å². The highest BCUT2D eigenvalue weighted by Gasteiger charge is 2.31. The molecule has 0 aliphatic carbocycles. The van der Waals surface area contributed by atoms with Crippen molar-refractivity contribution in [2.24, 2.45) is 7.05 Å². The number of aryl methyl sites for hydroxylation is 2. The Bertz CT molecular complexity index is 2090. The number of carbonyl (C=O) groups excluding carboxylic acids is 2. The van der Waals surface area contributed by atoms with Gasteiger partial charge < -0.3 is 20.4 Å². The van der Waals surface area contributed by atoms with Gasteiger partial charge in [0.05, 0.1) is 30.7 Å². The van der Waals surface area contributed by atoms with E-state index in [0.717, 1.165) is 18.0 Å². The highest BCUT2D eigenvalue weighted by Crippen LogP contribution is 2.30. The Balaban J connectivity index is 1.21. The lowest BCUT2D eigenvalue weighted by Gasteiger charge is -2.34. The van der Waals surface area contributed by atoms with Crippen LogP contribution >= 0.6 is 0 Å². The van der Waals surface area contributed by atoms with Gasteiger partial charge in [0.15, 0.2) is 0 Å². The first-order valence-corrected chi connectivity index (χ1v) is 15.0. The number of hydrogen-bond acceptors (Lipinski definition) is 8. The first-order chi connectivity index (χ1) is 22.9. The second-order valence-corrected chi connectivity index (χ2v) is 11.4. The molecule has 0 spiro atoms. The number of piperazine rings is 1. The number of aromatic nitrogens is 5. The molecule has 5 aromatic rings. The van der Waals surface area contributed by atoms with Crippen molar-refractivity contribution < 1.29 is 27.3 Å². The highest BCUT2D eigenvalue weighted by molar-refractivity contribution is 6.04. The van der Waals surface area contributed by atoms with Gasteiger partial charge in [-0.15, -0.1) is 0 Å². The summed E-state index contributed by atoms with van der Waals surface area (Å²) in [6.45, 7) is 6.04. The summed E-state index contributed by atoms with van der Waals surface area (Å²) in [5.41, 5.74) is 0.971. The number of pyridine rings is 1. The van der Waals surface area contributed by atoms with Crippen molar-refractivity contribution >= 4 is 46.0 Å². The molecule has 1 aliphatic rings. The van der Waals surface area contributed by atoms with Crippen molar-refractivity contribution in [1.29, 1.82) is 0 Å². The molecule has 2 amide bonds. The summed E-state index contributed by atoms with van der Waals surface area (Å²) in [6.07, 6.45) is 0.245. The molecule has 12 nitrogen and oxygen atoms in total. The van der Waals surface area contributed by atoms with E-state index in [1.807, 2.05) is 17.0 Å². The van der Waals surface area contributed by atoms with Gasteiger partial charge in [0.25, 0.3) is 11.6 Å². The summed E-state index contributed by atoms with van der Waals surface area (Å²) in [5.74, 6) is 0.396. The molecule has 0 bridgehead atoms. The van der Waals surface area contributed by atoms with Crippen LogP contribution in [0.2, 0.25) is 0 Å². The van der Waals surface area contributed by atoms with Crippen molar-refractivity contribution in [2.45, 2.75) is 20.0 Å². The van der Waals surface area contributed by atoms with Crippen molar-refractivity contribution in [3.05, 3.63) is 100 Å². The third kappa shape index (κ3) is 6.65. The fraction of sp³-hybridized carbons (Fsp3) is 0.242. The smallest absolute Gasteiger partial charge is 0.353 e. The van der Waals surface area contributed by atoms with Gasteiger partial charge in [-0.3, -0.25) is 9.59 Å². The Hall–Kier alpha value is -5.86. The Labute approximate surface area is 272 Å². The predicted octanol–water partition coefficient (Wildman–Crippen LogP) is 3.99. The van der Waals surface area contributed by atoms with Gasteiger partial charge in [0.1, 0.15) is 16.9 Å².